The van der Waals surface area contributed by atoms with E-state index in [0.29, 0.717) is 5.69 Å². The van der Waals surface area contributed by atoms with Crippen LogP contribution in [0.25, 0.3) is 0 Å². The molecule has 6 nitrogen and oxygen atoms in total. The molecule has 17 heavy (non-hydrogen) atoms. The number of primary amides is 1. The van der Waals surface area contributed by atoms with Crippen molar-refractivity contribution in [2.75, 3.05) is 12.6 Å². The monoisotopic (exact) mass is 234 g/mol. The molecule has 0 fully saturated rings. The highest BCUT2D eigenvalue weighted by atomic mass is 16.6. The van der Waals surface area contributed by atoms with Gasteiger partial charge < -0.3 is 5.73 Å². The molecule has 2 rings (SSSR count). The lowest BCUT2D eigenvalue weighted by Crippen LogP contribution is -2.10. The van der Waals surface area contributed by atoms with E-state index in [2.05, 4.69) is 20.5 Å². The number of H-pyrrole nitrogens is 1. The van der Waals surface area contributed by atoms with Crippen molar-refractivity contribution in [1.82, 2.24) is 10.2 Å². The van der Waals surface area contributed by atoms with Crippen molar-refractivity contribution in [2.45, 2.75) is 0 Å². The van der Waals surface area contributed by atoms with Gasteiger partial charge in [-0.05, 0) is 18.2 Å². The van der Waals surface area contributed by atoms with Gasteiger partial charge in [-0.2, -0.15) is 5.10 Å². The Bertz CT molecular complexity index is 428. The fraction of sp³-hybridized carbons (Fsp3) is 0.0909. The molecule has 1 aromatic heterocycles. The lowest BCUT2D eigenvalue weighted by molar-refractivity contribution is 0.0995. The molecule has 0 aliphatic heterocycles. The van der Waals surface area contributed by atoms with E-state index in [9.17, 15) is 4.79 Å². The van der Waals surface area contributed by atoms with Crippen LogP contribution >= 0.6 is 0 Å². The summed E-state index contributed by atoms with van der Waals surface area (Å²) in [6, 6.07) is 11.2. The van der Waals surface area contributed by atoms with Crippen LogP contribution in [0.5, 0.6) is 0 Å². The lowest BCUT2D eigenvalue weighted by atomic mass is 10.3. The maximum absolute atomic E-state index is 10.2. The third-order valence-corrected chi connectivity index (χ3v) is 1.76. The van der Waals surface area contributed by atoms with Gasteiger partial charge in [0.1, 0.15) is 5.69 Å². The molecule has 90 valence electrons. The summed E-state index contributed by atoms with van der Waals surface area (Å²) < 4.78 is 0. The maximum atomic E-state index is 10.2. The highest BCUT2D eigenvalue weighted by Gasteiger charge is 1.96. The van der Waals surface area contributed by atoms with Gasteiger partial charge in [-0.1, -0.05) is 18.2 Å². The first kappa shape index (κ1) is 12.7. The van der Waals surface area contributed by atoms with Crippen molar-refractivity contribution in [2.24, 2.45) is 5.73 Å². The number of aromatic amines is 1. The number of amides is 1. The first-order chi connectivity index (χ1) is 8.24. The Balaban J connectivity index is 0.000000171. The average molecular weight is 234 g/mol. The molecular formula is C11H14N4O2. The Morgan fingerprint density at radius 3 is 2.47 bits per heavy atom. The molecule has 1 amide bonds. The van der Waals surface area contributed by atoms with Gasteiger partial charge in [0.25, 0.3) is 5.91 Å². The number of nitrogens with two attached hydrogens (primary N) is 1. The molecule has 2 aromatic rings. The highest BCUT2D eigenvalue weighted by Crippen LogP contribution is 2.03. The minimum Gasteiger partial charge on any atom is -0.364 e. The minimum absolute atomic E-state index is 0.338. The van der Waals surface area contributed by atoms with Crippen LogP contribution in [0, 0.1) is 0 Å². The van der Waals surface area contributed by atoms with Crippen LogP contribution in [-0.4, -0.2) is 23.2 Å². The first-order valence-corrected chi connectivity index (χ1v) is 4.87. The summed E-state index contributed by atoms with van der Waals surface area (Å²) >= 11 is 0. The van der Waals surface area contributed by atoms with Crippen LogP contribution < -0.4 is 11.2 Å². The van der Waals surface area contributed by atoms with E-state index in [1.54, 1.807) is 7.11 Å². The molecule has 0 atom stereocenters. The van der Waals surface area contributed by atoms with Gasteiger partial charge in [0.05, 0.1) is 12.8 Å². The largest absolute Gasteiger partial charge is 0.364 e. The Morgan fingerprint density at radius 1 is 1.35 bits per heavy atom. The summed E-state index contributed by atoms with van der Waals surface area (Å²) in [6.45, 7) is 0. The van der Waals surface area contributed by atoms with Crippen molar-refractivity contribution in [1.29, 1.82) is 0 Å². The van der Waals surface area contributed by atoms with Crippen molar-refractivity contribution in [3.63, 3.8) is 0 Å². The summed E-state index contributed by atoms with van der Waals surface area (Å²) in [5.41, 5.74) is 8.87. The summed E-state index contributed by atoms with van der Waals surface area (Å²) in [5.74, 6) is -0.484. The van der Waals surface area contributed by atoms with Gasteiger partial charge in [-0.3, -0.25) is 20.2 Å². The van der Waals surface area contributed by atoms with Crippen LogP contribution in [0.3, 0.4) is 0 Å². The molecule has 0 aliphatic carbocycles. The van der Waals surface area contributed by atoms with Crippen LogP contribution in [0.1, 0.15) is 10.5 Å². The summed E-state index contributed by atoms with van der Waals surface area (Å²) in [5, 5.41) is 5.93. The van der Waals surface area contributed by atoms with E-state index in [4.69, 9.17) is 5.73 Å². The second kappa shape index (κ2) is 7.02. The van der Waals surface area contributed by atoms with Crippen LogP contribution in [0.15, 0.2) is 42.6 Å². The van der Waals surface area contributed by atoms with Gasteiger partial charge in [0.15, 0.2) is 0 Å². The van der Waals surface area contributed by atoms with Crippen molar-refractivity contribution < 1.29 is 9.63 Å². The van der Waals surface area contributed by atoms with Gasteiger partial charge in [-0.15, -0.1) is 0 Å². The molecule has 4 N–H and O–H groups in total. The summed E-state index contributed by atoms with van der Waals surface area (Å²) in [7, 11) is 1.59. The number of para-hydroxylation sites is 1. The number of carbonyl (C=O) groups excluding carboxylic acids is 1. The van der Waals surface area contributed by atoms with Gasteiger partial charge in [-0.25, -0.2) is 0 Å². The molecule has 6 heteroatoms. The Hall–Kier alpha value is -2.34. The predicted molar refractivity (Wildman–Crippen MR) is 64.2 cm³/mol. The SMILES string of the molecule is CONc1ccccc1.NC(=O)c1ccn[nH]1. The zero-order valence-corrected chi connectivity index (χ0v) is 9.38. The average Bonchev–Trinajstić information content (AvgIpc) is 2.85. The molecule has 0 saturated carbocycles. The second-order valence-electron chi connectivity index (χ2n) is 3.01. The third kappa shape index (κ3) is 4.80. The number of rotatable bonds is 3. The fourth-order valence-electron chi connectivity index (χ4n) is 1.02. The Morgan fingerprint density at radius 2 is 2.06 bits per heavy atom. The fourth-order valence-corrected chi connectivity index (χ4v) is 1.02. The summed E-state index contributed by atoms with van der Waals surface area (Å²) in [4.78, 5) is 14.9. The third-order valence-electron chi connectivity index (χ3n) is 1.76. The van der Waals surface area contributed by atoms with Crippen molar-refractivity contribution in [3.8, 4) is 0 Å². The number of benzene rings is 1. The zero-order chi connectivity index (χ0) is 12.5. The van der Waals surface area contributed by atoms with E-state index in [1.807, 2.05) is 30.3 Å². The smallest absolute Gasteiger partial charge is 0.266 e. The molecular weight excluding hydrogens is 220 g/mol. The second-order valence-corrected chi connectivity index (χ2v) is 3.01. The number of hydrogen-bond acceptors (Lipinski definition) is 4. The van der Waals surface area contributed by atoms with E-state index in [-0.39, 0.29) is 0 Å². The Labute approximate surface area is 98.7 Å². The van der Waals surface area contributed by atoms with E-state index in [0.717, 1.165) is 5.69 Å². The topological polar surface area (TPSA) is 93.0 Å². The minimum atomic E-state index is -0.484. The van der Waals surface area contributed by atoms with Gasteiger partial charge in [0, 0.05) is 6.20 Å². The number of aromatic nitrogens is 2. The maximum Gasteiger partial charge on any atom is 0.266 e. The van der Waals surface area contributed by atoms with Gasteiger partial charge in [0.2, 0.25) is 0 Å². The Kier molecular flexibility index (Phi) is 5.26. The van der Waals surface area contributed by atoms with Crippen LogP contribution in [0.2, 0.25) is 0 Å². The summed E-state index contributed by atoms with van der Waals surface area (Å²) in [6.07, 6.45) is 1.47. The van der Waals surface area contributed by atoms with Crippen LogP contribution in [-0.2, 0) is 4.84 Å². The molecule has 0 bridgehead atoms. The lowest BCUT2D eigenvalue weighted by Gasteiger charge is -1.99. The predicted octanol–water partition coefficient (Wildman–Crippen LogP) is 1.17. The molecule has 0 radical (unpaired) electrons. The number of nitrogens with zero attached hydrogens (tertiary/aromatic N) is 1. The number of hydrogen-bond donors (Lipinski definition) is 3. The quantitative estimate of drug-likeness (QED) is 0.695. The molecule has 1 aromatic carbocycles. The van der Waals surface area contributed by atoms with E-state index >= 15 is 0 Å². The molecule has 0 aliphatic rings. The van der Waals surface area contributed by atoms with E-state index in [1.165, 1.54) is 12.3 Å². The standard InChI is InChI=1S/C7H9NO.C4H5N3O/c1-9-8-7-5-3-2-4-6-7;5-4(8)3-1-2-6-7-3/h2-6,8H,1H3;1-2H,(H2,5,8)(H,6,7). The van der Waals surface area contributed by atoms with Crippen molar-refractivity contribution >= 4 is 11.6 Å². The first-order valence-electron chi connectivity index (χ1n) is 4.87. The van der Waals surface area contributed by atoms with Crippen LogP contribution in [0.4, 0.5) is 5.69 Å². The highest BCUT2D eigenvalue weighted by molar-refractivity contribution is 5.90. The number of anilines is 1. The van der Waals surface area contributed by atoms with E-state index < -0.39 is 5.91 Å². The normalized spacial score (nSPS) is 9.00. The zero-order valence-electron chi connectivity index (χ0n) is 9.38. The van der Waals surface area contributed by atoms with Crippen molar-refractivity contribution in [3.05, 3.63) is 48.3 Å². The van der Waals surface area contributed by atoms with Gasteiger partial charge >= 0.3 is 0 Å². The molecule has 0 saturated heterocycles. The molecule has 1 heterocycles. The number of carbonyl (C=O) groups is 1. The molecule has 0 spiro atoms. The molecule has 0 unspecified atom stereocenters. The number of nitrogens with one attached hydrogen (secondary N) is 2.